The molecule has 92 valence electrons. The molecular weight excluding hydrogens is 274 g/mol. The van der Waals surface area contributed by atoms with Crippen molar-refractivity contribution in [3.63, 3.8) is 0 Å². The Labute approximate surface area is 104 Å². The van der Waals surface area contributed by atoms with Crippen molar-refractivity contribution < 1.29 is 14.7 Å². The first-order valence-corrected chi connectivity index (χ1v) is 6.00. The van der Waals surface area contributed by atoms with Gasteiger partial charge in [0.25, 0.3) is 0 Å². The summed E-state index contributed by atoms with van der Waals surface area (Å²) in [5, 5.41) is 11.8. The number of carbonyl (C=O) groups excluding carboxylic acids is 1. The van der Waals surface area contributed by atoms with E-state index < -0.39 is 11.4 Å². The Balaban J connectivity index is 4.46. The minimum absolute atomic E-state index is 0.00954. The summed E-state index contributed by atoms with van der Waals surface area (Å²) in [6.07, 6.45) is 0.901. The standard InChI is InChI=1S/C11H18BrNO3/c1-4-11(5-2,10(15)16)6-9(14)13-7-8(3)12/h3-7H2,1-2H3,(H,13,14)(H,15,16). The minimum Gasteiger partial charge on any atom is -0.481 e. The van der Waals surface area contributed by atoms with Gasteiger partial charge in [0.2, 0.25) is 5.91 Å². The van der Waals surface area contributed by atoms with E-state index in [1.807, 2.05) is 0 Å². The smallest absolute Gasteiger partial charge is 0.310 e. The van der Waals surface area contributed by atoms with Gasteiger partial charge < -0.3 is 10.4 Å². The maximum absolute atomic E-state index is 11.5. The zero-order chi connectivity index (χ0) is 12.8. The number of carboxylic acids is 1. The summed E-state index contributed by atoms with van der Waals surface area (Å²) in [6.45, 7) is 7.48. The minimum atomic E-state index is -0.947. The van der Waals surface area contributed by atoms with Gasteiger partial charge in [-0.1, -0.05) is 36.4 Å². The first kappa shape index (κ1) is 15.2. The van der Waals surface area contributed by atoms with E-state index in [-0.39, 0.29) is 12.3 Å². The summed E-state index contributed by atoms with van der Waals surface area (Å²) < 4.78 is 0.662. The zero-order valence-corrected chi connectivity index (χ0v) is 11.3. The van der Waals surface area contributed by atoms with Crippen LogP contribution in [0.15, 0.2) is 11.1 Å². The van der Waals surface area contributed by atoms with Crippen LogP contribution in [0.1, 0.15) is 33.1 Å². The fraction of sp³-hybridized carbons (Fsp3) is 0.636. The van der Waals surface area contributed by atoms with E-state index in [4.69, 9.17) is 5.11 Å². The van der Waals surface area contributed by atoms with Crippen molar-refractivity contribution >= 4 is 27.8 Å². The largest absolute Gasteiger partial charge is 0.481 e. The third-order valence-electron chi connectivity index (χ3n) is 2.78. The van der Waals surface area contributed by atoms with Crippen LogP contribution in [0.2, 0.25) is 0 Å². The van der Waals surface area contributed by atoms with Gasteiger partial charge in [0.15, 0.2) is 0 Å². The zero-order valence-electron chi connectivity index (χ0n) is 9.68. The average Bonchev–Trinajstić information content (AvgIpc) is 2.22. The van der Waals surface area contributed by atoms with Gasteiger partial charge in [0, 0.05) is 17.4 Å². The van der Waals surface area contributed by atoms with Gasteiger partial charge in [-0.05, 0) is 12.8 Å². The Morgan fingerprint density at radius 1 is 1.38 bits per heavy atom. The van der Waals surface area contributed by atoms with Crippen molar-refractivity contribution in [3.05, 3.63) is 11.1 Å². The predicted octanol–water partition coefficient (Wildman–Crippen LogP) is 2.29. The van der Waals surface area contributed by atoms with Gasteiger partial charge >= 0.3 is 5.97 Å². The molecule has 0 saturated heterocycles. The second kappa shape index (κ2) is 6.68. The molecular formula is C11H18BrNO3. The van der Waals surface area contributed by atoms with Crippen LogP contribution in [0.4, 0.5) is 0 Å². The van der Waals surface area contributed by atoms with Crippen LogP contribution in [-0.4, -0.2) is 23.5 Å². The topological polar surface area (TPSA) is 66.4 Å². The van der Waals surface area contributed by atoms with Crippen LogP contribution in [0.25, 0.3) is 0 Å². The fourth-order valence-corrected chi connectivity index (χ4v) is 1.58. The molecule has 2 N–H and O–H groups in total. The van der Waals surface area contributed by atoms with Crippen molar-refractivity contribution in [2.45, 2.75) is 33.1 Å². The summed E-state index contributed by atoms with van der Waals surface area (Å²) in [5.74, 6) is -1.17. The van der Waals surface area contributed by atoms with Gasteiger partial charge in [-0.25, -0.2) is 0 Å². The molecule has 0 unspecified atom stereocenters. The first-order valence-electron chi connectivity index (χ1n) is 5.21. The van der Waals surface area contributed by atoms with E-state index in [2.05, 4.69) is 27.8 Å². The quantitative estimate of drug-likeness (QED) is 0.756. The molecule has 1 amide bonds. The van der Waals surface area contributed by atoms with Crippen molar-refractivity contribution in [1.29, 1.82) is 0 Å². The van der Waals surface area contributed by atoms with Crippen LogP contribution in [0, 0.1) is 5.41 Å². The highest BCUT2D eigenvalue weighted by molar-refractivity contribution is 9.11. The molecule has 0 heterocycles. The van der Waals surface area contributed by atoms with Crippen molar-refractivity contribution in [2.75, 3.05) is 6.54 Å². The Bertz CT molecular complexity index is 285. The average molecular weight is 292 g/mol. The Morgan fingerprint density at radius 3 is 2.19 bits per heavy atom. The SMILES string of the molecule is C=C(Br)CNC(=O)CC(CC)(CC)C(=O)O. The number of rotatable bonds is 7. The van der Waals surface area contributed by atoms with E-state index >= 15 is 0 Å². The van der Waals surface area contributed by atoms with Gasteiger partial charge in [0.1, 0.15) is 0 Å². The first-order chi connectivity index (χ1) is 7.38. The van der Waals surface area contributed by atoms with Gasteiger partial charge in [-0.15, -0.1) is 0 Å². The normalized spacial score (nSPS) is 10.9. The van der Waals surface area contributed by atoms with E-state index in [1.165, 1.54) is 0 Å². The molecule has 5 heteroatoms. The van der Waals surface area contributed by atoms with E-state index in [9.17, 15) is 9.59 Å². The summed E-state index contributed by atoms with van der Waals surface area (Å²) in [5.41, 5.74) is -0.947. The third-order valence-corrected chi connectivity index (χ3v) is 3.06. The monoisotopic (exact) mass is 291 g/mol. The van der Waals surface area contributed by atoms with Crippen molar-refractivity contribution in [1.82, 2.24) is 5.32 Å². The summed E-state index contributed by atoms with van der Waals surface area (Å²) in [7, 11) is 0. The maximum Gasteiger partial charge on any atom is 0.310 e. The van der Waals surface area contributed by atoms with Gasteiger partial charge in [-0.2, -0.15) is 0 Å². The fourth-order valence-electron chi connectivity index (χ4n) is 1.44. The molecule has 0 aliphatic rings. The number of halogens is 1. The van der Waals surface area contributed by atoms with Crippen molar-refractivity contribution in [3.8, 4) is 0 Å². The van der Waals surface area contributed by atoms with Gasteiger partial charge in [-0.3, -0.25) is 9.59 Å². The van der Waals surface area contributed by atoms with E-state index in [1.54, 1.807) is 13.8 Å². The lowest BCUT2D eigenvalue weighted by Gasteiger charge is -2.25. The summed E-state index contributed by atoms with van der Waals surface area (Å²) in [6, 6.07) is 0. The van der Waals surface area contributed by atoms with Crippen LogP contribution in [0.3, 0.4) is 0 Å². The molecule has 0 rings (SSSR count). The Kier molecular flexibility index (Phi) is 6.33. The molecule has 0 bridgehead atoms. The number of nitrogens with one attached hydrogen (secondary N) is 1. The third kappa shape index (κ3) is 4.35. The number of amides is 1. The highest BCUT2D eigenvalue weighted by Crippen LogP contribution is 2.30. The lowest BCUT2D eigenvalue weighted by atomic mass is 9.79. The molecule has 0 atom stereocenters. The molecule has 0 radical (unpaired) electrons. The number of carboxylic acid groups (broad SMARTS) is 1. The molecule has 0 aromatic rings. The molecule has 0 aliphatic heterocycles. The summed E-state index contributed by atoms with van der Waals surface area (Å²) >= 11 is 3.12. The lowest BCUT2D eigenvalue weighted by molar-refractivity contribution is -0.152. The molecule has 0 saturated carbocycles. The number of carbonyl (C=O) groups is 2. The number of hydrogen-bond donors (Lipinski definition) is 2. The highest BCUT2D eigenvalue weighted by Gasteiger charge is 2.36. The second-order valence-electron chi connectivity index (χ2n) is 3.76. The predicted molar refractivity (Wildman–Crippen MR) is 66.3 cm³/mol. The molecule has 0 aromatic heterocycles. The molecule has 4 nitrogen and oxygen atoms in total. The maximum atomic E-state index is 11.5. The van der Waals surface area contributed by atoms with Crippen LogP contribution >= 0.6 is 15.9 Å². The molecule has 0 aromatic carbocycles. The van der Waals surface area contributed by atoms with E-state index in [0.717, 1.165) is 0 Å². The Hall–Kier alpha value is -0.840. The second-order valence-corrected chi connectivity index (χ2v) is 4.88. The van der Waals surface area contributed by atoms with Crippen LogP contribution in [-0.2, 0) is 9.59 Å². The lowest BCUT2D eigenvalue weighted by Crippen LogP contribution is -2.37. The number of aliphatic carboxylic acids is 1. The molecule has 0 fully saturated rings. The summed E-state index contributed by atoms with van der Waals surface area (Å²) in [4.78, 5) is 22.7. The van der Waals surface area contributed by atoms with Crippen molar-refractivity contribution in [2.24, 2.45) is 5.41 Å². The van der Waals surface area contributed by atoms with E-state index in [0.29, 0.717) is 23.9 Å². The Morgan fingerprint density at radius 2 is 1.88 bits per heavy atom. The number of hydrogen-bond acceptors (Lipinski definition) is 2. The molecule has 0 aliphatic carbocycles. The van der Waals surface area contributed by atoms with Crippen LogP contribution < -0.4 is 5.32 Å². The van der Waals surface area contributed by atoms with Gasteiger partial charge in [0.05, 0.1) is 5.41 Å². The van der Waals surface area contributed by atoms with Crippen LogP contribution in [0.5, 0.6) is 0 Å². The highest BCUT2D eigenvalue weighted by atomic mass is 79.9. The molecule has 16 heavy (non-hydrogen) atoms. The molecule has 0 spiro atoms.